The highest BCUT2D eigenvalue weighted by Gasteiger charge is 2.45. The molecule has 0 aliphatic carbocycles. The van der Waals surface area contributed by atoms with Crippen LogP contribution in [0.2, 0.25) is 31.7 Å². The van der Waals surface area contributed by atoms with Crippen molar-refractivity contribution in [1.82, 2.24) is 0 Å². The summed E-state index contributed by atoms with van der Waals surface area (Å²) >= 11 is 0. The molecule has 13 heteroatoms. The average Bonchev–Trinajstić information content (AvgIpc) is 2.83. The molecule has 0 rings (SSSR count). The fraction of sp³-hybridized carbons (Fsp3) is 0.727. The van der Waals surface area contributed by atoms with E-state index in [1.165, 1.54) is 0 Å². The van der Waals surface area contributed by atoms with Gasteiger partial charge in [0.2, 0.25) is 0 Å². The fourth-order valence-corrected chi connectivity index (χ4v) is 9.30. The van der Waals surface area contributed by atoms with E-state index in [-0.39, 0.29) is 18.5 Å². The van der Waals surface area contributed by atoms with Crippen molar-refractivity contribution < 1.29 is 45.3 Å². The zero-order chi connectivity index (χ0) is 27.7. The molecule has 0 aromatic rings. The first-order valence-electron chi connectivity index (χ1n) is 11.3. The van der Waals surface area contributed by atoms with Crippen molar-refractivity contribution in [3.8, 4) is 0 Å². The predicted molar refractivity (Wildman–Crippen MR) is 141 cm³/mol. The lowest BCUT2D eigenvalue weighted by Crippen LogP contribution is -2.53. The van der Waals surface area contributed by atoms with Gasteiger partial charge in [0.05, 0.1) is 13.2 Å². The van der Waals surface area contributed by atoms with Crippen LogP contribution < -0.4 is 0 Å². The van der Waals surface area contributed by atoms with Crippen LogP contribution in [0.15, 0.2) is 24.3 Å². The number of ether oxygens (including phenoxy) is 2. The Balaban J connectivity index is 0. The Kier molecular flexibility index (Phi) is 18.6. The lowest BCUT2D eigenvalue weighted by Gasteiger charge is -2.33. The van der Waals surface area contributed by atoms with Crippen molar-refractivity contribution in [2.45, 2.75) is 58.4 Å². The Hall–Kier alpha value is -1.17. The van der Waals surface area contributed by atoms with Crippen LogP contribution in [0, 0.1) is 0 Å². The van der Waals surface area contributed by atoms with E-state index in [9.17, 15) is 9.59 Å². The van der Waals surface area contributed by atoms with Gasteiger partial charge < -0.3 is 35.7 Å². The van der Waals surface area contributed by atoms with E-state index < -0.39 is 25.9 Å². The molecular weight excluding hydrogens is 508 g/mol. The molecule has 0 saturated heterocycles. The summed E-state index contributed by atoms with van der Waals surface area (Å²) in [5, 5.41) is 0. The third-order valence-corrected chi connectivity index (χ3v) is 14.3. The molecule has 0 bridgehead atoms. The Bertz CT molecular complexity index is 662. The molecule has 0 saturated carbocycles. The van der Waals surface area contributed by atoms with Crippen LogP contribution in [0.3, 0.4) is 0 Å². The Labute approximate surface area is 214 Å². The maximum Gasteiger partial charge on any atom is 0.491 e. The fourth-order valence-electron chi connectivity index (χ4n) is 2.38. The van der Waals surface area contributed by atoms with E-state index in [1.807, 2.05) is 19.6 Å². The van der Waals surface area contributed by atoms with Crippen LogP contribution in [0.5, 0.6) is 0 Å². The topological polar surface area (TPSA) is 108 Å². The molecule has 0 unspecified atom stereocenters. The summed E-state index contributed by atoms with van der Waals surface area (Å²) in [5.74, 6) is -0.729. The van der Waals surface area contributed by atoms with Gasteiger partial charge in [-0.05, 0) is 52.4 Å². The van der Waals surface area contributed by atoms with Gasteiger partial charge in [-0.15, -0.1) is 0 Å². The maximum atomic E-state index is 11.3. The van der Waals surface area contributed by atoms with Crippen molar-refractivity contribution in [2.75, 3.05) is 48.8 Å². The van der Waals surface area contributed by atoms with Gasteiger partial charge in [-0.3, -0.25) is 0 Å². The average molecular weight is 555 g/mol. The van der Waals surface area contributed by atoms with Crippen LogP contribution in [0.4, 0.5) is 0 Å². The molecule has 0 heterocycles. The van der Waals surface area contributed by atoms with E-state index in [4.69, 9.17) is 35.7 Å². The van der Waals surface area contributed by atoms with Gasteiger partial charge in [-0.2, -0.15) is 0 Å². The first-order valence-corrected chi connectivity index (χ1v) is 18.6. The van der Waals surface area contributed by atoms with Crippen LogP contribution >= 0.6 is 0 Å². The molecular formula is C22H46O10Si3. The van der Waals surface area contributed by atoms with Crippen molar-refractivity contribution in [3.63, 3.8) is 0 Å². The van der Waals surface area contributed by atoms with Gasteiger partial charge in [-0.1, -0.05) is 13.2 Å². The summed E-state index contributed by atoms with van der Waals surface area (Å²) in [4.78, 5) is 22.3. The number of rotatable bonds is 17. The third kappa shape index (κ3) is 16.2. The zero-order valence-corrected chi connectivity index (χ0v) is 26.2. The second kappa shape index (κ2) is 18.1. The van der Waals surface area contributed by atoms with E-state index in [0.717, 1.165) is 12.5 Å². The van der Waals surface area contributed by atoms with Crippen LogP contribution in [0.1, 0.15) is 26.7 Å². The second-order valence-corrected chi connectivity index (χ2v) is 18.7. The van der Waals surface area contributed by atoms with Crippen molar-refractivity contribution >= 4 is 37.9 Å². The molecule has 206 valence electrons. The van der Waals surface area contributed by atoms with Gasteiger partial charge in [0.1, 0.15) is 0 Å². The molecule has 0 aliphatic rings. The normalized spacial score (nSPS) is 11.8. The SMILES string of the molecule is C=C(C)C(=O)OCCC[Si](C)(OC)OC.C=C(C)C(=O)OCCC[Si](OC)(OC)O[Si](C)(C)OC. The van der Waals surface area contributed by atoms with Gasteiger partial charge >= 0.3 is 37.9 Å². The zero-order valence-electron chi connectivity index (χ0n) is 23.2. The number of esters is 2. The highest BCUT2D eigenvalue weighted by Crippen LogP contribution is 2.22. The summed E-state index contributed by atoms with van der Waals surface area (Å²) in [7, 11) is 0.993. The second-order valence-electron chi connectivity index (χ2n) is 8.38. The van der Waals surface area contributed by atoms with Crippen LogP contribution in [-0.4, -0.2) is 86.6 Å². The largest absolute Gasteiger partial charge is 0.491 e. The Morgan fingerprint density at radius 2 is 1.06 bits per heavy atom. The Morgan fingerprint density at radius 1 is 0.657 bits per heavy atom. The number of carbonyl (C=O) groups is 2. The maximum absolute atomic E-state index is 11.3. The standard InChI is InChI=1S/C12H26O6Si2.C10H20O4Si/c1-11(2)12(13)17-9-8-10-20(15-4,16-5)18-19(6,7)14-3;1-9(2)10(11)14-7-6-8-15(5,12-3)13-4/h1,8-10H2,2-7H3;1,6-8H2,2-5H3. The van der Waals surface area contributed by atoms with Gasteiger partial charge in [0.25, 0.3) is 0 Å². The van der Waals surface area contributed by atoms with Gasteiger partial charge in [-0.25, -0.2) is 9.59 Å². The molecule has 0 amide bonds. The summed E-state index contributed by atoms with van der Waals surface area (Å²) < 4.78 is 42.9. The molecule has 0 fully saturated rings. The Morgan fingerprint density at radius 3 is 1.37 bits per heavy atom. The number of hydrogen-bond donors (Lipinski definition) is 0. The molecule has 0 aliphatic heterocycles. The molecule has 0 radical (unpaired) electrons. The van der Waals surface area contributed by atoms with Crippen molar-refractivity contribution in [2.24, 2.45) is 0 Å². The lowest BCUT2D eigenvalue weighted by molar-refractivity contribution is -0.139. The molecule has 0 aromatic heterocycles. The smallest absolute Gasteiger partial charge is 0.462 e. The monoisotopic (exact) mass is 554 g/mol. The lowest BCUT2D eigenvalue weighted by atomic mass is 10.4. The first-order chi connectivity index (χ1) is 16.2. The highest BCUT2D eigenvalue weighted by atomic mass is 28.5. The van der Waals surface area contributed by atoms with E-state index in [1.54, 1.807) is 49.4 Å². The summed E-state index contributed by atoms with van der Waals surface area (Å²) in [6, 6.07) is 1.37. The molecule has 10 nitrogen and oxygen atoms in total. The quantitative estimate of drug-likeness (QED) is 0.113. The summed E-state index contributed by atoms with van der Waals surface area (Å²) in [6.07, 6.45) is 1.35. The molecule has 0 N–H and O–H groups in total. The summed E-state index contributed by atoms with van der Waals surface area (Å²) in [6.45, 7) is 16.8. The summed E-state index contributed by atoms with van der Waals surface area (Å²) in [5.41, 5.74) is 0.810. The molecule has 0 atom stereocenters. The minimum atomic E-state index is -2.78. The molecule has 0 aromatic carbocycles. The molecule has 0 spiro atoms. The first kappa shape index (κ1) is 36.0. The minimum absolute atomic E-state index is 0.283. The molecule has 35 heavy (non-hydrogen) atoms. The van der Waals surface area contributed by atoms with Crippen LogP contribution in [-0.2, 0) is 45.3 Å². The predicted octanol–water partition coefficient (Wildman–Crippen LogP) is 3.95. The number of hydrogen-bond acceptors (Lipinski definition) is 10. The van der Waals surface area contributed by atoms with Crippen molar-refractivity contribution in [3.05, 3.63) is 24.3 Å². The van der Waals surface area contributed by atoms with Gasteiger partial charge in [0, 0.05) is 52.7 Å². The van der Waals surface area contributed by atoms with E-state index in [2.05, 4.69) is 13.2 Å². The van der Waals surface area contributed by atoms with E-state index >= 15 is 0 Å². The minimum Gasteiger partial charge on any atom is -0.462 e. The van der Waals surface area contributed by atoms with E-state index in [0.29, 0.717) is 30.2 Å². The highest BCUT2D eigenvalue weighted by molar-refractivity contribution is 6.76. The van der Waals surface area contributed by atoms with Crippen LogP contribution in [0.25, 0.3) is 0 Å². The van der Waals surface area contributed by atoms with Gasteiger partial charge in [0.15, 0.2) is 0 Å². The van der Waals surface area contributed by atoms with Crippen molar-refractivity contribution in [1.29, 1.82) is 0 Å². The third-order valence-electron chi connectivity index (χ3n) is 4.94. The number of carbonyl (C=O) groups excluding carboxylic acids is 2.